The summed E-state index contributed by atoms with van der Waals surface area (Å²) in [5.74, 6) is 0.116. The molecule has 0 aliphatic carbocycles. The van der Waals surface area contributed by atoms with Crippen molar-refractivity contribution in [3.8, 4) is 11.5 Å². The Labute approximate surface area is 80.1 Å². The van der Waals surface area contributed by atoms with Crippen LogP contribution in [0.2, 0.25) is 0 Å². The molecule has 1 atom stereocenters. The molecular formula is C9H11F2NO2. The van der Waals surface area contributed by atoms with Crippen molar-refractivity contribution in [1.29, 1.82) is 0 Å². The molecular weight excluding hydrogens is 192 g/mol. The Bertz CT molecular complexity index is 318. The van der Waals surface area contributed by atoms with Gasteiger partial charge in [-0.2, -0.15) is 0 Å². The molecule has 0 bridgehead atoms. The molecule has 78 valence electrons. The number of aromatic hydroxyl groups is 1. The number of halogens is 2. The first-order valence-electron chi connectivity index (χ1n) is 3.97. The summed E-state index contributed by atoms with van der Waals surface area (Å²) in [5.41, 5.74) is 5.43. The zero-order valence-corrected chi connectivity index (χ0v) is 7.58. The smallest absolute Gasteiger partial charge is 0.257 e. The summed E-state index contributed by atoms with van der Waals surface area (Å²) in [5, 5.41) is 9.08. The van der Waals surface area contributed by atoms with Crippen LogP contribution in [0.4, 0.5) is 8.78 Å². The van der Waals surface area contributed by atoms with E-state index in [0.717, 1.165) is 0 Å². The van der Waals surface area contributed by atoms with Crippen LogP contribution in [0.15, 0.2) is 18.2 Å². The van der Waals surface area contributed by atoms with E-state index in [1.54, 1.807) is 0 Å². The van der Waals surface area contributed by atoms with E-state index in [4.69, 9.17) is 15.6 Å². The summed E-state index contributed by atoms with van der Waals surface area (Å²) in [4.78, 5) is 0. The Morgan fingerprint density at radius 3 is 2.57 bits per heavy atom. The number of phenols is 1. The lowest BCUT2D eigenvalue weighted by molar-refractivity contribution is 0.115. The van der Waals surface area contributed by atoms with Crippen molar-refractivity contribution in [2.24, 2.45) is 5.73 Å². The minimum absolute atomic E-state index is 0.0490. The number of hydrogen-bond acceptors (Lipinski definition) is 3. The normalized spacial score (nSPS) is 12.9. The van der Waals surface area contributed by atoms with E-state index in [0.29, 0.717) is 0 Å². The third-order valence-corrected chi connectivity index (χ3v) is 1.85. The van der Waals surface area contributed by atoms with Crippen LogP contribution < -0.4 is 10.5 Å². The van der Waals surface area contributed by atoms with Crippen LogP contribution in [0.1, 0.15) is 11.6 Å². The van der Waals surface area contributed by atoms with Gasteiger partial charge in [0, 0.05) is 11.6 Å². The highest BCUT2D eigenvalue weighted by molar-refractivity contribution is 5.41. The van der Waals surface area contributed by atoms with E-state index < -0.39 is 12.5 Å². The molecule has 1 aromatic carbocycles. The van der Waals surface area contributed by atoms with Gasteiger partial charge in [-0.3, -0.25) is 0 Å². The number of ether oxygens (including phenoxy) is 1. The fourth-order valence-corrected chi connectivity index (χ4v) is 1.11. The lowest BCUT2D eigenvalue weighted by Crippen LogP contribution is -2.19. The molecule has 3 N–H and O–H groups in total. The van der Waals surface area contributed by atoms with Crippen molar-refractivity contribution in [2.75, 3.05) is 7.11 Å². The van der Waals surface area contributed by atoms with Gasteiger partial charge in [-0.05, 0) is 12.1 Å². The molecule has 14 heavy (non-hydrogen) atoms. The lowest BCUT2D eigenvalue weighted by Gasteiger charge is -2.14. The van der Waals surface area contributed by atoms with E-state index in [1.165, 1.54) is 25.3 Å². The predicted molar refractivity (Wildman–Crippen MR) is 47.6 cm³/mol. The molecule has 0 radical (unpaired) electrons. The number of benzene rings is 1. The van der Waals surface area contributed by atoms with Gasteiger partial charge in [0.25, 0.3) is 6.43 Å². The third kappa shape index (κ3) is 2.11. The van der Waals surface area contributed by atoms with E-state index in [1.807, 2.05) is 0 Å². The van der Waals surface area contributed by atoms with Crippen molar-refractivity contribution in [1.82, 2.24) is 0 Å². The van der Waals surface area contributed by atoms with Crippen molar-refractivity contribution < 1.29 is 18.6 Å². The number of alkyl halides is 2. The van der Waals surface area contributed by atoms with Gasteiger partial charge in [-0.15, -0.1) is 0 Å². The molecule has 0 saturated heterocycles. The summed E-state index contributed by atoms with van der Waals surface area (Å²) in [6.45, 7) is 0. The van der Waals surface area contributed by atoms with Gasteiger partial charge in [0.15, 0.2) is 0 Å². The zero-order valence-electron chi connectivity index (χ0n) is 7.58. The molecule has 0 unspecified atom stereocenters. The van der Waals surface area contributed by atoms with Gasteiger partial charge in [0.2, 0.25) is 0 Å². The number of rotatable bonds is 3. The Kier molecular flexibility index (Phi) is 3.24. The molecule has 0 amide bonds. The molecule has 1 aromatic rings. The minimum Gasteiger partial charge on any atom is -0.508 e. The average molecular weight is 203 g/mol. The molecule has 0 aliphatic heterocycles. The first-order chi connectivity index (χ1) is 6.56. The number of hydrogen-bond donors (Lipinski definition) is 2. The van der Waals surface area contributed by atoms with Crippen molar-refractivity contribution >= 4 is 0 Å². The molecule has 0 aliphatic rings. The fourth-order valence-electron chi connectivity index (χ4n) is 1.11. The molecule has 1 rings (SSSR count). The highest BCUT2D eigenvalue weighted by Crippen LogP contribution is 2.30. The maximum Gasteiger partial charge on any atom is 0.257 e. The van der Waals surface area contributed by atoms with E-state index in [-0.39, 0.29) is 17.1 Å². The van der Waals surface area contributed by atoms with Gasteiger partial charge in [0.1, 0.15) is 11.5 Å². The summed E-state index contributed by atoms with van der Waals surface area (Å²) in [6, 6.07) is 2.47. The van der Waals surface area contributed by atoms with E-state index in [9.17, 15) is 8.78 Å². The second kappa shape index (κ2) is 4.23. The summed E-state index contributed by atoms with van der Waals surface area (Å²) >= 11 is 0. The van der Waals surface area contributed by atoms with Crippen LogP contribution in [0, 0.1) is 0 Å². The van der Waals surface area contributed by atoms with Crippen LogP contribution in [-0.2, 0) is 0 Å². The second-order valence-electron chi connectivity index (χ2n) is 2.79. The fraction of sp³-hybridized carbons (Fsp3) is 0.333. The van der Waals surface area contributed by atoms with Crippen LogP contribution in [0.5, 0.6) is 11.5 Å². The zero-order chi connectivity index (χ0) is 10.7. The summed E-state index contributed by atoms with van der Waals surface area (Å²) in [7, 11) is 1.33. The molecule has 0 aromatic heterocycles. The molecule has 5 heteroatoms. The SMILES string of the molecule is COc1cc(O)ccc1[C@@H](N)C(F)F. The van der Waals surface area contributed by atoms with Gasteiger partial charge in [-0.25, -0.2) is 8.78 Å². The Hall–Kier alpha value is -1.36. The number of nitrogens with two attached hydrogens (primary N) is 1. The topological polar surface area (TPSA) is 55.5 Å². The monoisotopic (exact) mass is 203 g/mol. The van der Waals surface area contributed by atoms with Gasteiger partial charge in [0.05, 0.1) is 13.2 Å². The maximum absolute atomic E-state index is 12.3. The minimum atomic E-state index is -2.66. The van der Waals surface area contributed by atoms with Crippen LogP contribution in [0.3, 0.4) is 0 Å². The standard InChI is InChI=1S/C9H11F2NO2/c1-14-7-4-5(13)2-3-6(7)8(12)9(10)11/h2-4,8-9,13H,12H2,1H3/t8-/m1/s1. The van der Waals surface area contributed by atoms with Gasteiger partial charge in [-0.1, -0.05) is 0 Å². The Morgan fingerprint density at radius 2 is 2.07 bits per heavy atom. The third-order valence-electron chi connectivity index (χ3n) is 1.85. The average Bonchev–Trinajstić information content (AvgIpc) is 2.16. The molecule has 0 fully saturated rings. The summed E-state index contributed by atoms with van der Waals surface area (Å²) in [6.07, 6.45) is -2.66. The van der Waals surface area contributed by atoms with Crippen molar-refractivity contribution in [3.63, 3.8) is 0 Å². The first-order valence-corrected chi connectivity index (χ1v) is 3.97. The van der Waals surface area contributed by atoms with Crippen molar-refractivity contribution in [3.05, 3.63) is 23.8 Å². The lowest BCUT2D eigenvalue weighted by atomic mass is 10.1. The van der Waals surface area contributed by atoms with E-state index >= 15 is 0 Å². The molecule has 3 nitrogen and oxygen atoms in total. The quantitative estimate of drug-likeness (QED) is 0.785. The summed E-state index contributed by atoms with van der Waals surface area (Å²) < 4.78 is 29.4. The van der Waals surface area contributed by atoms with Crippen LogP contribution in [0.25, 0.3) is 0 Å². The number of methoxy groups -OCH3 is 1. The van der Waals surface area contributed by atoms with Crippen LogP contribution >= 0.6 is 0 Å². The molecule has 0 spiro atoms. The molecule has 0 saturated carbocycles. The number of phenolic OH excluding ortho intramolecular Hbond substituents is 1. The van der Waals surface area contributed by atoms with Crippen LogP contribution in [-0.4, -0.2) is 18.6 Å². The molecule has 0 heterocycles. The van der Waals surface area contributed by atoms with Crippen molar-refractivity contribution in [2.45, 2.75) is 12.5 Å². The largest absolute Gasteiger partial charge is 0.508 e. The first kappa shape index (κ1) is 10.7. The predicted octanol–water partition coefficient (Wildman–Crippen LogP) is 1.67. The Morgan fingerprint density at radius 1 is 1.43 bits per heavy atom. The maximum atomic E-state index is 12.3. The Balaban J connectivity index is 3.07. The van der Waals surface area contributed by atoms with Gasteiger partial charge >= 0.3 is 0 Å². The highest BCUT2D eigenvalue weighted by Gasteiger charge is 2.21. The van der Waals surface area contributed by atoms with E-state index in [2.05, 4.69) is 0 Å². The highest BCUT2D eigenvalue weighted by atomic mass is 19.3. The second-order valence-corrected chi connectivity index (χ2v) is 2.79. The van der Waals surface area contributed by atoms with Gasteiger partial charge < -0.3 is 15.6 Å².